The van der Waals surface area contributed by atoms with E-state index in [-0.39, 0.29) is 9.83 Å². The van der Waals surface area contributed by atoms with Crippen molar-refractivity contribution in [3.8, 4) is 5.88 Å². The van der Waals surface area contributed by atoms with E-state index in [1.165, 1.54) is 6.92 Å². The van der Waals surface area contributed by atoms with E-state index in [1.807, 2.05) is 24.3 Å². The molecule has 0 saturated heterocycles. The van der Waals surface area contributed by atoms with Crippen LogP contribution in [0.4, 0.5) is 0 Å². The number of hydrogen-bond donors (Lipinski definition) is 1. The standard InChI is InChI=1S/C14H11N3O3S2/c1-7(13(19)20)17-12(18)10(22-14(17)21)6-11-15-8-4-2-3-5-9(8)16-11/h2-7,18H,1H3,(H,19,20)/p-1/t7-/m1/s1. The summed E-state index contributed by atoms with van der Waals surface area (Å²) in [7, 11) is 0. The van der Waals surface area contributed by atoms with Crippen LogP contribution in [0.5, 0.6) is 5.88 Å². The van der Waals surface area contributed by atoms with E-state index in [4.69, 9.17) is 12.2 Å². The molecule has 2 aromatic rings. The number of hydrogen-bond acceptors (Lipinski definition) is 7. The first-order chi connectivity index (χ1) is 10.5. The summed E-state index contributed by atoms with van der Waals surface area (Å²) in [6.07, 6.45) is 1.58. The Morgan fingerprint density at radius 3 is 2.55 bits per heavy atom. The Morgan fingerprint density at radius 1 is 1.41 bits per heavy atom. The number of carboxylic acids is 1. The zero-order valence-electron chi connectivity index (χ0n) is 11.4. The summed E-state index contributed by atoms with van der Waals surface area (Å²) in [5.41, 5.74) is 0. The van der Waals surface area contributed by atoms with Crippen LogP contribution in [0.1, 0.15) is 17.8 Å². The molecule has 3 rings (SSSR count). The van der Waals surface area contributed by atoms with Gasteiger partial charge in [0.2, 0.25) is 5.88 Å². The predicted octanol–water partition coefficient (Wildman–Crippen LogP) is 0.547. The van der Waals surface area contributed by atoms with Crippen LogP contribution in [-0.4, -0.2) is 15.6 Å². The second-order valence-electron chi connectivity index (χ2n) is 4.64. The first-order valence-electron chi connectivity index (χ1n) is 6.36. The number of nitrogens with zero attached hydrogens (tertiary/aromatic N) is 3. The maximum atomic E-state index is 11.0. The Bertz CT molecular complexity index is 935. The van der Waals surface area contributed by atoms with Gasteiger partial charge in [-0.05, 0) is 31.3 Å². The summed E-state index contributed by atoms with van der Waals surface area (Å²) in [4.78, 5) is 20.0. The second-order valence-corrected chi connectivity index (χ2v) is 6.31. The van der Waals surface area contributed by atoms with Crippen molar-refractivity contribution in [1.29, 1.82) is 0 Å². The third-order valence-corrected chi connectivity index (χ3v) is 4.52. The maximum absolute atomic E-state index is 11.0. The van der Waals surface area contributed by atoms with Gasteiger partial charge in [0.25, 0.3) is 0 Å². The average molecular weight is 332 g/mol. The molecule has 0 fully saturated rings. The van der Waals surface area contributed by atoms with Gasteiger partial charge < -0.3 is 15.0 Å². The van der Waals surface area contributed by atoms with Crippen molar-refractivity contribution >= 4 is 35.6 Å². The molecule has 22 heavy (non-hydrogen) atoms. The van der Waals surface area contributed by atoms with Gasteiger partial charge in [0.05, 0.1) is 27.6 Å². The molecule has 1 N–H and O–H groups in total. The Labute approximate surface area is 134 Å². The van der Waals surface area contributed by atoms with Gasteiger partial charge in [-0.2, -0.15) is 0 Å². The molecule has 2 heterocycles. The highest BCUT2D eigenvalue weighted by atomic mass is 32.1. The van der Waals surface area contributed by atoms with Crippen molar-refractivity contribution in [2.24, 2.45) is 9.98 Å². The summed E-state index contributed by atoms with van der Waals surface area (Å²) in [5.74, 6) is -1.10. The molecule has 1 aliphatic rings. The second kappa shape index (κ2) is 5.47. The molecular formula is C14H10N3O3S2-. The zero-order chi connectivity index (χ0) is 15.9. The first-order valence-corrected chi connectivity index (χ1v) is 7.59. The highest BCUT2D eigenvalue weighted by Crippen LogP contribution is 2.31. The van der Waals surface area contributed by atoms with E-state index in [1.54, 1.807) is 6.08 Å². The van der Waals surface area contributed by atoms with Gasteiger partial charge in [-0.1, -0.05) is 12.1 Å². The smallest absolute Gasteiger partial charge is 0.211 e. The lowest BCUT2D eigenvalue weighted by Gasteiger charge is -2.15. The minimum absolute atomic E-state index is 0.222. The molecule has 112 valence electrons. The fourth-order valence-electron chi connectivity index (χ4n) is 2.04. The fourth-order valence-corrected chi connectivity index (χ4v) is 3.44. The molecule has 8 heteroatoms. The molecular weight excluding hydrogens is 322 g/mol. The minimum atomic E-state index is -1.31. The zero-order valence-corrected chi connectivity index (χ0v) is 13.0. The number of carbonyl (C=O) groups excluding carboxylic acids is 1. The van der Waals surface area contributed by atoms with E-state index in [0.29, 0.717) is 10.7 Å². The van der Waals surface area contributed by atoms with Crippen LogP contribution in [0.25, 0.3) is 6.08 Å². The molecule has 0 bridgehead atoms. The lowest BCUT2D eigenvalue weighted by atomic mass is 10.3. The molecule has 1 aromatic heterocycles. The SMILES string of the molecule is C[C@H](C(=O)[O-])n1c(O)c(C=C2N=c3ccccc3=N2)sc1=S. The van der Waals surface area contributed by atoms with Crippen LogP contribution in [0.2, 0.25) is 0 Å². The lowest BCUT2D eigenvalue weighted by Crippen LogP contribution is -2.31. The van der Waals surface area contributed by atoms with Gasteiger partial charge in [0.15, 0.2) is 9.78 Å². The van der Waals surface area contributed by atoms with E-state index in [9.17, 15) is 15.0 Å². The topological polar surface area (TPSA) is 90.0 Å². The van der Waals surface area contributed by atoms with E-state index in [2.05, 4.69) is 9.98 Å². The van der Waals surface area contributed by atoms with E-state index >= 15 is 0 Å². The Kier molecular flexibility index (Phi) is 3.63. The number of para-hydroxylation sites is 2. The van der Waals surface area contributed by atoms with Crippen LogP contribution in [0.3, 0.4) is 0 Å². The molecule has 1 aliphatic heterocycles. The van der Waals surface area contributed by atoms with Crippen LogP contribution in [0, 0.1) is 3.95 Å². The molecule has 0 spiro atoms. The summed E-state index contributed by atoms with van der Waals surface area (Å²) in [6.45, 7) is 1.40. The molecule has 1 aromatic carbocycles. The number of aromatic hydroxyl groups is 1. The Balaban J connectivity index is 2.07. The fraction of sp³-hybridized carbons (Fsp3) is 0.143. The number of rotatable bonds is 3. The van der Waals surface area contributed by atoms with Crippen molar-refractivity contribution < 1.29 is 15.0 Å². The molecule has 1 atom stereocenters. The third kappa shape index (κ3) is 2.46. The average Bonchev–Trinajstić information content (AvgIpc) is 2.99. The van der Waals surface area contributed by atoms with Crippen molar-refractivity contribution in [2.45, 2.75) is 13.0 Å². The van der Waals surface area contributed by atoms with Crippen molar-refractivity contribution in [2.75, 3.05) is 0 Å². The van der Waals surface area contributed by atoms with E-state index in [0.717, 1.165) is 26.6 Å². The monoisotopic (exact) mass is 332 g/mol. The number of carbonyl (C=O) groups is 1. The van der Waals surface area contributed by atoms with Gasteiger partial charge in [0.1, 0.15) is 0 Å². The van der Waals surface area contributed by atoms with Crippen molar-refractivity contribution in [3.05, 3.63) is 49.6 Å². The third-order valence-electron chi connectivity index (χ3n) is 3.18. The van der Waals surface area contributed by atoms with Gasteiger partial charge in [-0.3, -0.25) is 4.57 Å². The lowest BCUT2D eigenvalue weighted by molar-refractivity contribution is -0.309. The largest absolute Gasteiger partial charge is 0.548 e. The van der Waals surface area contributed by atoms with Crippen LogP contribution in [0.15, 0.2) is 40.1 Å². The quantitative estimate of drug-likeness (QED) is 0.831. The van der Waals surface area contributed by atoms with Crippen molar-refractivity contribution in [1.82, 2.24) is 4.57 Å². The van der Waals surface area contributed by atoms with Gasteiger partial charge in [-0.25, -0.2) is 9.98 Å². The van der Waals surface area contributed by atoms with Gasteiger partial charge >= 0.3 is 0 Å². The number of thiazole rings is 1. The maximum Gasteiger partial charge on any atom is 0.211 e. The predicted molar refractivity (Wildman–Crippen MR) is 81.3 cm³/mol. The highest BCUT2D eigenvalue weighted by molar-refractivity contribution is 7.73. The summed E-state index contributed by atoms with van der Waals surface area (Å²) >= 11 is 6.20. The molecule has 0 radical (unpaired) electrons. The molecule has 0 amide bonds. The normalized spacial score (nSPS) is 14.0. The molecule has 0 saturated carbocycles. The van der Waals surface area contributed by atoms with Crippen LogP contribution < -0.4 is 15.8 Å². The first kappa shape index (κ1) is 14.6. The van der Waals surface area contributed by atoms with Gasteiger partial charge in [0, 0.05) is 6.08 Å². The highest BCUT2D eigenvalue weighted by Gasteiger charge is 2.17. The number of fused-ring (bicyclic) bond motifs is 1. The Hall–Kier alpha value is -2.32. The summed E-state index contributed by atoms with van der Waals surface area (Å²) in [6, 6.07) is 6.35. The molecule has 6 nitrogen and oxygen atoms in total. The number of carboxylic acid groups (broad SMARTS) is 1. The summed E-state index contributed by atoms with van der Waals surface area (Å²) in [5, 5.41) is 22.7. The van der Waals surface area contributed by atoms with Crippen molar-refractivity contribution in [3.63, 3.8) is 0 Å². The van der Waals surface area contributed by atoms with Crippen LogP contribution in [-0.2, 0) is 4.79 Å². The Morgan fingerprint density at radius 2 is 2.00 bits per heavy atom. The molecule has 0 unspecified atom stereocenters. The minimum Gasteiger partial charge on any atom is -0.548 e. The van der Waals surface area contributed by atoms with Gasteiger partial charge in [-0.15, -0.1) is 11.3 Å². The number of aromatic nitrogens is 1. The number of benzene rings is 1. The number of aliphatic carboxylic acids is 1. The summed E-state index contributed by atoms with van der Waals surface area (Å²) < 4.78 is 1.39. The molecule has 0 aliphatic carbocycles. The van der Waals surface area contributed by atoms with E-state index < -0.39 is 12.0 Å². The van der Waals surface area contributed by atoms with Crippen LogP contribution >= 0.6 is 23.6 Å².